The molecule has 1 aliphatic rings. The molecule has 17 heavy (non-hydrogen) atoms. The number of piperidine rings is 1. The van der Waals surface area contributed by atoms with Crippen molar-refractivity contribution in [2.24, 2.45) is 5.92 Å². The van der Waals surface area contributed by atoms with Crippen LogP contribution in [0.25, 0.3) is 0 Å². The molecular formula is C12H19BrN4. The Kier molecular flexibility index (Phi) is 4.23. The number of hydrogen-bond acceptors (Lipinski definition) is 4. The fraction of sp³-hybridized carbons (Fsp3) is 0.583. The van der Waals surface area contributed by atoms with Crippen LogP contribution >= 0.6 is 15.9 Å². The Hall–Kier alpha value is -0.810. The Morgan fingerprint density at radius 3 is 2.88 bits per heavy atom. The van der Waals surface area contributed by atoms with Gasteiger partial charge in [-0.3, -0.25) is 0 Å². The van der Waals surface area contributed by atoms with Crippen molar-refractivity contribution in [1.82, 2.24) is 9.88 Å². The van der Waals surface area contributed by atoms with E-state index < -0.39 is 0 Å². The average Bonchev–Trinajstić information content (AvgIpc) is 2.30. The van der Waals surface area contributed by atoms with Gasteiger partial charge in [0.1, 0.15) is 5.82 Å². The molecule has 94 valence electrons. The number of nitrogens with two attached hydrogens (primary N) is 1. The zero-order valence-electron chi connectivity index (χ0n) is 10.1. The van der Waals surface area contributed by atoms with Gasteiger partial charge in [0, 0.05) is 6.54 Å². The maximum absolute atomic E-state index is 5.66. The summed E-state index contributed by atoms with van der Waals surface area (Å²) in [5.74, 6) is 1.63. The molecule has 0 amide bonds. The van der Waals surface area contributed by atoms with E-state index in [1.54, 1.807) is 6.20 Å². The van der Waals surface area contributed by atoms with E-state index in [2.05, 4.69) is 38.2 Å². The Balaban J connectivity index is 1.85. The Morgan fingerprint density at radius 1 is 1.53 bits per heavy atom. The fourth-order valence-corrected chi connectivity index (χ4v) is 2.60. The molecular weight excluding hydrogens is 280 g/mol. The van der Waals surface area contributed by atoms with Gasteiger partial charge in [-0.25, -0.2) is 4.98 Å². The number of likely N-dealkylation sites (tertiary alicyclic amines) is 1. The zero-order chi connectivity index (χ0) is 12.3. The highest BCUT2D eigenvalue weighted by atomic mass is 79.9. The Bertz CT molecular complexity index is 375. The van der Waals surface area contributed by atoms with E-state index >= 15 is 0 Å². The summed E-state index contributed by atoms with van der Waals surface area (Å²) in [7, 11) is 2.18. The number of hydrogen-bond donors (Lipinski definition) is 2. The van der Waals surface area contributed by atoms with Gasteiger partial charge in [0.15, 0.2) is 0 Å². The van der Waals surface area contributed by atoms with Gasteiger partial charge >= 0.3 is 0 Å². The SMILES string of the molecule is CN1CCC(CNc2ncc(N)cc2Br)CC1. The van der Waals surface area contributed by atoms with Gasteiger partial charge in [-0.15, -0.1) is 0 Å². The van der Waals surface area contributed by atoms with Gasteiger partial charge in [-0.1, -0.05) is 0 Å². The quantitative estimate of drug-likeness (QED) is 0.898. The first kappa shape index (κ1) is 12.6. The van der Waals surface area contributed by atoms with E-state index in [-0.39, 0.29) is 0 Å². The molecule has 0 atom stereocenters. The maximum atomic E-state index is 5.66. The average molecular weight is 299 g/mol. The smallest absolute Gasteiger partial charge is 0.140 e. The number of halogens is 1. The molecule has 1 fully saturated rings. The second-order valence-electron chi connectivity index (χ2n) is 4.73. The van der Waals surface area contributed by atoms with Crippen molar-refractivity contribution >= 4 is 27.4 Å². The van der Waals surface area contributed by atoms with Crippen molar-refractivity contribution in [3.8, 4) is 0 Å². The van der Waals surface area contributed by atoms with Crippen LogP contribution in [0.4, 0.5) is 11.5 Å². The molecule has 0 unspecified atom stereocenters. The second-order valence-corrected chi connectivity index (χ2v) is 5.58. The van der Waals surface area contributed by atoms with E-state index in [9.17, 15) is 0 Å². The lowest BCUT2D eigenvalue weighted by molar-refractivity contribution is 0.226. The number of pyridine rings is 1. The summed E-state index contributed by atoms with van der Waals surface area (Å²) in [6.07, 6.45) is 4.20. The summed E-state index contributed by atoms with van der Waals surface area (Å²) >= 11 is 3.47. The summed E-state index contributed by atoms with van der Waals surface area (Å²) in [4.78, 5) is 6.67. The lowest BCUT2D eigenvalue weighted by Gasteiger charge is -2.29. The largest absolute Gasteiger partial charge is 0.397 e. The predicted octanol–water partition coefficient (Wildman–Crippen LogP) is 2.18. The molecule has 0 aromatic carbocycles. The highest BCUT2D eigenvalue weighted by Gasteiger charge is 2.16. The minimum absolute atomic E-state index is 0.682. The third-order valence-electron chi connectivity index (χ3n) is 3.26. The molecule has 0 spiro atoms. The van der Waals surface area contributed by atoms with Gasteiger partial charge < -0.3 is 16.0 Å². The minimum atomic E-state index is 0.682. The normalized spacial score (nSPS) is 18.2. The van der Waals surface area contributed by atoms with Crippen molar-refractivity contribution in [2.45, 2.75) is 12.8 Å². The van der Waals surface area contributed by atoms with E-state index in [4.69, 9.17) is 5.73 Å². The first-order valence-corrected chi connectivity index (χ1v) is 6.78. The van der Waals surface area contributed by atoms with Crippen molar-refractivity contribution in [3.63, 3.8) is 0 Å². The predicted molar refractivity (Wildman–Crippen MR) is 75.1 cm³/mol. The summed E-state index contributed by atoms with van der Waals surface area (Å²) < 4.78 is 0.936. The number of nitrogen functional groups attached to an aromatic ring is 1. The lowest BCUT2D eigenvalue weighted by Crippen LogP contribution is -2.33. The van der Waals surface area contributed by atoms with E-state index in [0.717, 1.165) is 22.8 Å². The molecule has 2 rings (SSSR count). The van der Waals surface area contributed by atoms with Crippen LogP contribution in [0.5, 0.6) is 0 Å². The van der Waals surface area contributed by atoms with E-state index in [0.29, 0.717) is 5.69 Å². The number of nitrogens with zero attached hydrogens (tertiary/aromatic N) is 2. The van der Waals surface area contributed by atoms with Crippen LogP contribution in [0.1, 0.15) is 12.8 Å². The molecule has 4 nitrogen and oxygen atoms in total. The summed E-state index contributed by atoms with van der Waals surface area (Å²) in [5.41, 5.74) is 6.34. The van der Waals surface area contributed by atoms with Crippen LogP contribution < -0.4 is 11.1 Å². The molecule has 0 saturated carbocycles. The summed E-state index contributed by atoms with van der Waals surface area (Å²) in [6.45, 7) is 3.38. The number of nitrogens with one attached hydrogen (secondary N) is 1. The molecule has 5 heteroatoms. The minimum Gasteiger partial charge on any atom is -0.397 e. The Morgan fingerprint density at radius 2 is 2.24 bits per heavy atom. The first-order chi connectivity index (χ1) is 8.15. The van der Waals surface area contributed by atoms with Crippen LogP contribution in [0.2, 0.25) is 0 Å². The molecule has 1 aromatic heterocycles. The highest BCUT2D eigenvalue weighted by Crippen LogP contribution is 2.23. The molecule has 1 saturated heterocycles. The van der Waals surface area contributed by atoms with Crippen LogP contribution in [0, 0.1) is 5.92 Å². The van der Waals surface area contributed by atoms with Crippen molar-refractivity contribution < 1.29 is 0 Å². The molecule has 3 N–H and O–H groups in total. The third-order valence-corrected chi connectivity index (χ3v) is 3.86. The molecule has 0 radical (unpaired) electrons. The number of aromatic nitrogens is 1. The summed E-state index contributed by atoms with van der Waals surface area (Å²) in [5, 5.41) is 3.39. The molecule has 0 aliphatic carbocycles. The number of rotatable bonds is 3. The van der Waals surface area contributed by atoms with Crippen molar-refractivity contribution in [1.29, 1.82) is 0 Å². The lowest BCUT2D eigenvalue weighted by atomic mass is 9.97. The Labute approximate surface area is 111 Å². The monoisotopic (exact) mass is 298 g/mol. The van der Waals surface area contributed by atoms with Gasteiger partial charge in [-0.2, -0.15) is 0 Å². The van der Waals surface area contributed by atoms with Crippen LogP contribution in [0.3, 0.4) is 0 Å². The van der Waals surface area contributed by atoms with Crippen LogP contribution in [-0.2, 0) is 0 Å². The highest BCUT2D eigenvalue weighted by molar-refractivity contribution is 9.10. The summed E-state index contributed by atoms with van der Waals surface area (Å²) in [6, 6.07) is 1.88. The van der Waals surface area contributed by atoms with Gasteiger partial charge in [0.05, 0.1) is 16.4 Å². The standard InChI is InChI=1S/C12H19BrN4/c1-17-4-2-9(3-5-17)7-15-12-11(13)6-10(14)8-16-12/h6,8-9H,2-5,7,14H2,1H3,(H,15,16). The van der Waals surface area contributed by atoms with Crippen LogP contribution in [-0.4, -0.2) is 36.6 Å². The molecule has 2 heterocycles. The van der Waals surface area contributed by atoms with Gasteiger partial charge in [0.25, 0.3) is 0 Å². The maximum Gasteiger partial charge on any atom is 0.140 e. The molecule has 1 aromatic rings. The fourth-order valence-electron chi connectivity index (χ4n) is 2.09. The van der Waals surface area contributed by atoms with Gasteiger partial charge in [-0.05, 0) is 60.9 Å². The van der Waals surface area contributed by atoms with Crippen LogP contribution in [0.15, 0.2) is 16.7 Å². The third kappa shape index (κ3) is 3.57. The first-order valence-electron chi connectivity index (χ1n) is 5.98. The molecule has 1 aliphatic heterocycles. The van der Waals surface area contributed by atoms with E-state index in [1.165, 1.54) is 25.9 Å². The van der Waals surface area contributed by atoms with Gasteiger partial charge in [0.2, 0.25) is 0 Å². The van der Waals surface area contributed by atoms with Crippen molar-refractivity contribution in [2.75, 3.05) is 37.7 Å². The number of anilines is 2. The zero-order valence-corrected chi connectivity index (χ0v) is 11.7. The molecule has 0 bridgehead atoms. The topological polar surface area (TPSA) is 54.2 Å². The second kappa shape index (κ2) is 5.69. The van der Waals surface area contributed by atoms with Crippen molar-refractivity contribution in [3.05, 3.63) is 16.7 Å². The van der Waals surface area contributed by atoms with E-state index in [1.807, 2.05) is 6.07 Å².